The first-order chi connectivity index (χ1) is 16.2. The highest BCUT2D eigenvalue weighted by Gasteiger charge is 2.23. The Morgan fingerprint density at radius 3 is 1.59 bits per heavy atom. The van der Waals surface area contributed by atoms with Crippen molar-refractivity contribution < 1.29 is 43.9 Å². The van der Waals surface area contributed by atoms with Gasteiger partial charge in [-0.1, -0.05) is 0 Å². The van der Waals surface area contributed by atoms with Crippen LogP contribution in [0.4, 0.5) is 0 Å². The van der Waals surface area contributed by atoms with E-state index in [0.717, 1.165) is 0 Å². The van der Waals surface area contributed by atoms with Crippen LogP contribution in [0.3, 0.4) is 0 Å². The zero-order valence-corrected chi connectivity index (χ0v) is 20.0. The zero-order valence-electron chi connectivity index (χ0n) is 20.0. The molecule has 0 radical (unpaired) electrons. The first kappa shape index (κ1) is 30.2. The largest absolute Gasteiger partial charge is 0.480 e. The number of nitrogens with two attached hydrogens (primary N) is 1. The van der Waals surface area contributed by atoms with Gasteiger partial charge >= 0.3 is 17.9 Å². The van der Waals surface area contributed by atoms with Gasteiger partial charge in [0.2, 0.25) is 0 Å². The third-order valence-electron chi connectivity index (χ3n) is 5.26. The van der Waals surface area contributed by atoms with Gasteiger partial charge in [0.15, 0.2) is 0 Å². The molecule has 1 heterocycles. The van der Waals surface area contributed by atoms with Gasteiger partial charge in [-0.05, 0) is 13.3 Å². The van der Waals surface area contributed by atoms with Crippen molar-refractivity contribution in [3.8, 4) is 0 Å². The Labute approximate surface area is 200 Å². The molecule has 2 unspecified atom stereocenters. The van der Waals surface area contributed by atoms with Gasteiger partial charge in [0.1, 0.15) is 0 Å². The summed E-state index contributed by atoms with van der Waals surface area (Å²) in [6.07, 6.45) is 0.520. The summed E-state index contributed by atoms with van der Waals surface area (Å²) in [5.74, 6) is -2.89. The second kappa shape index (κ2) is 17.5. The molecule has 1 aliphatic rings. The van der Waals surface area contributed by atoms with E-state index in [4.69, 9.17) is 30.2 Å². The molecule has 1 saturated heterocycles. The fourth-order valence-electron chi connectivity index (χ4n) is 3.62. The smallest absolute Gasteiger partial charge is 0.317 e. The quantitative estimate of drug-likeness (QED) is 0.302. The molecule has 0 bridgehead atoms. The van der Waals surface area contributed by atoms with E-state index in [-0.39, 0.29) is 58.1 Å². The van der Waals surface area contributed by atoms with Crippen molar-refractivity contribution in [2.75, 3.05) is 92.0 Å². The monoisotopic (exact) mass is 492 g/mol. The van der Waals surface area contributed by atoms with Gasteiger partial charge < -0.3 is 35.3 Å². The molecule has 1 fully saturated rings. The van der Waals surface area contributed by atoms with Crippen LogP contribution >= 0.6 is 0 Å². The molecule has 0 aromatic carbocycles. The first-order valence-corrected chi connectivity index (χ1v) is 11.5. The molecule has 0 aliphatic carbocycles. The Hall–Kier alpha value is -1.87. The summed E-state index contributed by atoms with van der Waals surface area (Å²) in [5.41, 5.74) is 5.98. The summed E-state index contributed by atoms with van der Waals surface area (Å²) in [4.78, 5) is 38.9. The average molecular weight is 493 g/mol. The SMILES string of the molecule is CC(N)CC1COCCN(CC(=O)O)CCOCCN(CC(=O)O)CCOCCN1CC(=O)O. The molecule has 5 N–H and O–H groups in total. The van der Waals surface area contributed by atoms with Crippen LogP contribution in [0, 0.1) is 0 Å². The minimum absolute atomic E-state index is 0.156. The number of carboxylic acids is 3. The highest BCUT2D eigenvalue weighted by Crippen LogP contribution is 2.08. The lowest BCUT2D eigenvalue weighted by molar-refractivity contribution is -0.140. The average Bonchev–Trinajstić information content (AvgIpc) is 2.72. The van der Waals surface area contributed by atoms with E-state index in [0.29, 0.717) is 52.4 Å². The standard InChI is InChI=1S/C21H40N4O9/c1-17(22)12-18-16-34-10-5-24(14-20(28)29)3-8-32-7-2-23(13-19(26)27)4-9-33-11-6-25(18)15-21(30)31/h17-18H,2-16,22H2,1H3,(H,26,27)(H,28,29)(H,30,31). The first-order valence-electron chi connectivity index (χ1n) is 11.5. The number of ether oxygens (including phenoxy) is 3. The third kappa shape index (κ3) is 15.1. The normalized spacial score (nSPS) is 22.9. The van der Waals surface area contributed by atoms with Crippen molar-refractivity contribution in [1.82, 2.24) is 14.7 Å². The molecule has 13 nitrogen and oxygen atoms in total. The second-order valence-electron chi connectivity index (χ2n) is 8.37. The predicted molar refractivity (Wildman–Crippen MR) is 122 cm³/mol. The van der Waals surface area contributed by atoms with Gasteiger partial charge in [-0.25, -0.2) is 0 Å². The predicted octanol–water partition coefficient (Wildman–Crippen LogP) is -1.68. The van der Waals surface area contributed by atoms with Crippen molar-refractivity contribution >= 4 is 17.9 Å². The van der Waals surface area contributed by atoms with Crippen molar-refractivity contribution in [2.45, 2.75) is 25.4 Å². The molecule has 2 atom stereocenters. The summed E-state index contributed by atoms with van der Waals surface area (Å²) >= 11 is 0. The van der Waals surface area contributed by atoms with Gasteiger partial charge in [0.05, 0.1) is 59.3 Å². The van der Waals surface area contributed by atoms with E-state index in [1.54, 1.807) is 14.7 Å². The molecule has 34 heavy (non-hydrogen) atoms. The van der Waals surface area contributed by atoms with Crippen LogP contribution in [0.2, 0.25) is 0 Å². The van der Waals surface area contributed by atoms with Crippen LogP contribution in [0.15, 0.2) is 0 Å². The number of hydrogen-bond donors (Lipinski definition) is 4. The number of carbonyl (C=O) groups is 3. The molecule has 198 valence electrons. The van der Waals surface area contributed by atoms with E-state index in [9.17, 15) is 19.5 Å². The Morgan fingerprint density at radius 1 is 0.765 bits per heavy atom. The minimum atomic E-state index is -0.975. The molecule has 0 spiro atoms. The minimum Gasteiger partial charge on any atom is -0.480 e. The molecule has 1 rings (SSSR count). The Kier molecular flexibility index (Phi) is 15.6. The lowest BCUT2D eigenvalue weighted by Gasteiger charge is -2.32. The maximum Gasteiger partial charge on any atom is 0.317 e. The van der Waals surface area contributed by atoms with Crippen LogP contribution in [0.25, 0.3) is 0 Å². The van der Waals surface area contributed by atoms with Crippen molar-refractivity contribution in [3.63, 3.8) is 0 Å². The van der Waals surface area contributed by atoms with Crippen molar-refractivity contribution in [1.29, 1.82) is 0 Å². The zero-order chi connectivity index (χ0) is 25.3. The van der Waals surface area contributed by atoms with Crippen LogP contribution in [0.5, 0.6) is 0 Å². The van der Waals surface area contributed by atoms with E-state index in [2.05, 4.69) is 0 Å². The summed E-state index contributed by atoms with van der Waals surface area (Å²) in [6.45, 7) is 4.86. The second-order valence-corrected chi connectivity index (χ2v) is 8.37. The Balaban J connectivity index is 2.87. The van der Waals surface area contributed by atoms with Gasteiger partial charge in [-0.15, -0.1) is 0 Å². The molecule has 1 aliphatic heterocycles. The van der Waals surface area contributed by atoms with Gasteiger partial charge in [0.25, 0.3) is 0 Å². The van der Waals surface area contributed by atoms with E-state index in [1.165, 1.54) is 0 Å². The highest BCUT2D eigenvalue weighted by atomic mass is 16.5. The number of nitrogens with zero attached hydrogens (tertiary/aromatic N) is 3. The van der Waals surface area contributed by atoms with E-state index >= 15 is 0 Å². The van der Waals surface area contributed by atoms with Gasteiger partial charge in [-0.2, -0.15) is 0 Å². The lowest BCUT2D eigenvalue weighted by Crippen LogP contribution is -2.46. The maximum atomic E-state index is 11.4. The maximum absolute atomic E-state index is 11.4. The summed E-state index contributed by atoms with van der Waals surface area (Å²) in [5, 5.41) is 27.7. The van der Waals surface area contributed by atoms with Crippen LogP contribution in [-0.4, -0.2) is 152 Å². The van der Waals surface area contributed by atoms with Crippen molar-refractivity contribution in [2.24, 2.45) is 5.73 Å². The number of rotatable bonds is 8. The molecular formula is C21H40N4O9. The van der Waals surface area contributed by atoms with Gasteiger partial charge in [-0.3, -0.25) is 29.1 Å². The van der Waals surface area contributed by atoms with Crippen LogP contribution in [-0.2, 0) is 28.6 Å². The summed E-state index contributed by atoms with van der Waals surface area (Å²) < 4.78 is 17.0. The molecular weight excluding hydrogens is 452 g/mol. The summed E-state index contributed by atoms with van der Waals surface area (Å²) in [7, 11) is 0. The molecule has 0 saturated carbocycles. The number of hydrogen-bond acceptors (Lipinski definition) is 10. The third-order valence-corrected chi connectivity index (χ3v) is 5.26. The fourth-order valence-corrected chi connectivity index (χ4v) is 3.62. The van der Waals surface area contributed by atoms with Crippen LogP contribution < -0.4 is 5.73 Å². The highest BCUT2D eigenvalue weighted by molar-refractivity contribution is 5.69. The lowest BCUT2D eigenvalue weighted by atomic mass is 10.1. The molecule has 0 amide bonds. The Bertz CT molecular complexity index is 609. The Morgan fingerprint density at radius 2 is 1.18 bits per heavy atom. The number of aliphatic carboxylic acids is 3. The van der Waals surface area contributed by atoms with E-state index in [1.807, 2.05) is 6.92 Å². The van der Waals surface area contributed by atoms with Crippen molar-refractivity contribution in [3.05, 3.63) is 0 Å². The molecule has 0 aromatic heterocycles. The topological polar surface area (TPSA) is 175 Å². The molecule has 13 heteroatoms. The molecule has 0 aromatic rings. The van der Waals surface area contributed by atoms with Gasteiger partial charge in [0, 0.05) is 44.8 Å². The number of carboxylic acid groups (broad SMARTS) is 3. The van der Waals surface area contributed by atoms with Crippen LogP contribution in [0.1, 0.15) is 13.3 Å². The summed E-state index contributed by atoms with van der Waals surface area (Å²) in [6, 6.07) is -0.424. The fraction of sp³-hybridized carbons (Fsp3) is 0.857. The van der Waals surface area contributed by atoms with E-state index < -0.39 is 17.9 Å².